The highest BCUT2D eigenvalue weighted by atomic mass is 16.7. The fourth-order valence-electron chi connectivity index (χ4n) is 3.34. The summed E-state index contributed by atoms with van der Waals surface area (Å²) in [6.07, 6.45) is 16.5. The second-order valence-corrected chi connectivity index (χ2v) is 7.65. The summed E-state index contributed by atoms with van der Waals surface area (Å²) in [7, 11) is 0. The summed E-state index contributed by atoms with van der Waals surface area (Å²) in [6.45, 7) is 11.0. The van der Waals surface area contributed by atoms with Crippen LogP contribution in [0.1, 0.15) is 60.3 Å². The van der Waals surface area contributed by atoms with Crippen molar-refractivity contribution in [1.29, 1.82) is 0 Å². The molecule has 25 heavy (non-hydrogen) atoms. The zero-order valence-electron chi connectivity index (χ0n) is 16.1. The minimum absolute atomic E-state index is 0.257. The molecule has 2 rings (SSSR count). The summed E-state index contributed by atoms with van der Waals surface area (Å²) in [5.41, 5.74) is 6.20. The summed E-state index contributed by atoms with van der Waals surface area (Å²) < 4.78 is 0. The average Bonchev–Trinajstić information content (AvgIpc) is 2.91. The highest BCUT2D eigenvalue weighted by Crippen LogP contribution is 2.40. The van der Waals surface area contributed by atoms with Gasteiger partial charge in [0.05, 0.1) is 12.1 Å². The Morgan fingerprint density at radius 3 is 2.60 bits per heavy atom. The lowest BCUT2D eigenvalue weighted by Gasteiger charge is -2.32. The van der Waals surface area contributed by atoms with Gasteiger partial charge in [-0.2, -0.15) is 0 Å². The summed E-state index contributed by atoms with van der Waals surface area (Å²) in [5.74, 6) is -0.292. The first-order valence-corrected chi connectivity index (χ1v) is 8.96. The average molecular weight is 339 g/mol. The van der Waals surface area contributed by atoms with E-state index < -0.39 is 0 Å². The third-order valence-corrected chi connectivity index (χ3v) is 4.76. The van der Waals surface area contributed by atoms with Crippen LogP contribution in [0.15, 0.2) is 63.9 Å². The molecule has 0 spiro atoms. The zero-order valence-corrected chi connectivity index (χ0v) is 16.1. The van der Waals surface area contributed by atoms with E-state index in [9.17, 15) is 4.79 Å². The molecule has 0 amide bonds. The highest BCUT2D eigenvalue weighted by molar-refractivity contribution is 6.08. The molecule has 0 aromatic rings. The molecular weight excluding hydrogens is 310 g/mol. The monoisotopic (exact) mass is 339 g/mol. The SMILES string of the molecule is CC1=C(/C=C/C(C)=C/C=C/C(C)=C/C2=NOC(=O)C2)C(C)(C)CCC1. The first-order chi connectivity index (χ1) is 11.8. The lowest BCUT2D eigenvalue weighted by atomic mass is 9.72. The molecule has 0 aromatic heterocycles. The van der Waals surface area contributed by atoms with Gasteiger partial charge in [-0.3, -0.25) is 0 Å². The minimum Gasteiger partial charge on any atom is -0.318 e. The molecule has 2 aliphatic rings. The Morgan fingerprint density at radius 2 is 1.96 bits per heavy atom. The largest absolute Gasteiger partial charge is 0.341 e. The van der Waals surface area contributed by atoms with Crippen LogP contribution in [-0.2, 0) is 9.63 Å². The van der Waals surface area contributed by atoms with E-state index in [0.717, 1.165) is 5.57 Å². The van der Waals surface area contributed by atoms with Crippen LogP contribution in [0.3, 0.4) is 0 Å². The van der Waals surface area contributed by atoms with Crippen molar-refractivity contribution in [2.24, 2.45) is 10.6 Å². The van der Waals surface area contributed by atoms with Crippen LogP contribution in [0.25, 0.3) is 0 Å². The number of nitrogens with zero attached hydrogens (tertiary/aromatic N) is 1. The van der Waals surface area contributed by atoms with Crippen LogP contribution in [-0.4, -0.2) is 11.7 Å². The van der Waals surface area contributed by atoms with Gasteiger partial charge in [0, 0.05) is 0 Å². The lowest BCUT2D eigenvalue weighted by Crippen LogP contribution is -2.19. The normalized spacial score (nSPS) is 22.1. The third kappa shape index (κ3) is 5.70. The van der Waals surface area contributed by atoms with E-state index in [1.807, 2.05) is 25.2 Å². The van der Waals surface area contributed by atoms with Crippen molar-refractivity contribution in [3.05, 3.63) is 58.7 Å². The number of rotatable bonds is 5. The van der Waals surface area contributed by atoms with Crippen LogP contribution < -0.4 is 0 Å². The fourth-order valence-corrected chi connectivity index (χ4v) is 3.34. The van der Waals surface area contributed by atoms with Crippen molar-refractivity contribution >= 4 is 11.7 Å². The van der Waals surface area contributed by atoms with E-state index in [0.29, 0.717) is 5.71 Å². The smallest absolute Gasteiger partial charge is 0.318 e. The van der Waals surface area contributed by atoms with Gasteiger partial charge in [0.25, 0.3) is 0 Å². The van der Waals surface area contributed by atoms with E-state index >= 15 is 0 Å². The van der Waals surface area contributed by atoms with Crippen molar-refractivity contribution in [2.45, 2.75) is 60.3 Å². The van der Waals surface area contributed by atoms with Gasteiger partial charge in [0.2, 0.25) is 0 Å². The molecule has 3 heteroatoms. The van der Waals surface area contributed by atoms with Crippen molar-refractivity contribution in [3.63, 3.8) is 0 Å². The van der Waals surface area contributed by atoms with E-state index in [1.165, 1.54) is 36.0 Å². The summed E-state index contributed by atoms with van der Waals surface area (Å²) in [6, 6.07) is 0. The second kappa shape index (κ2) is 8.28. The molecule has 0 unspecified atom stereocenters. The minimum atomic E-state index is -0.292. The van der Waals surface area contributed by atoms with Gasteiger partial charge < -0.3 is 4.84 Å². The molecule has 0 saturated heterocycles. The van der Waals surface area contributed by atoms with Gasteiger partial charge in [0.1, 0.15) is 0 Å². The van der Waals surface area contributed by atoms with Gasteiger partial charge in [-0.05, 0) is 62.7 Å². The Balaban J connectivity index is 1.99. The number of carbonyl (C=O) groups excluding carboxylic acids is 1. The summed E-state index contributed by atoms with van der Waals surface area (Å²) in [5, 5.41) is 3.73. The summed E-state index contributed by atoms with van der Waals surface area (Å²) in [4.78, 5) is 15.6. The molecule has 0 saturated carbocycles. The molecule has 0 atom stereocenters. The molecule has 1 heterocycles. The maximum atomic E-state index is 11.0. The van der Waals surface area contributed by atoms with Crippen LogP contribution >= 0.6 is 0 Å². The molecule has 0 fully saturated rings. The Labute approximate surface area is 151 Å². The molecule has 0 radical (unpaired) electrons. The van der Waals surface area contributed by atoms with E-state index in [2.05, 4.69) is 55.9 Å². The maximum absolute atomic E-state index is 11.0. The van der Waals surface area contributed by atoms with Crippen molar-refractivity contribution < 1.29 is 9.63 Å². The van der Waals surface area contributed by atoms with Crippen LogP contribution in [0.4, 0.5) is 0 Å². The molecule has 1 aliphatic carbocycles. The summed E-state index contributed by atoms with van der Waals surface area (Å²) >= 11 is 0. The zero-order chi connectivity index (χ0) is 18.4. The number of carbonyl (C=O) groups is 1. The van der Waals surface area contributed by atoms with E-state index in [1.54, 1.807) is 0 Å². The Bertz CT molecular complexity index is 712. The third-order valence-electron chi connectivity index (χ3n) is 4.76. The van der Waals surface area contributed by atoms with Crippen LogP contribution in [0, 0.1) is 5.41 Å². The molecule has 134 valence electrons. The quantitative estimate of drug-likeness (QED) is 0.467. The molecular formula is C22H29NO2. The Hall–Kier alpha value is -2.16. The molecule has 0 N–H and O–H groups in total. The first kappa shape index (κ1) is 19.2. The second-order valence-electron chi connectivity index (χ2n) is 7.65. The van der Waals surface area contributed by atoms with Gasteiger partial charge in [-0.15, -0.1) is 0 Å². The van der Waals surface area contributed by atoms with Crippen molar-refractivity contribution in [1.82, 2.24) is 0 Å². The van der Waals surface area contributed by atoms with Gasteiger partial charge in [0.15, 0.2) is 0 Å². The Kier molecular flexibility index (Phi) is 6.35. The maximum Gasteiger partial charge on any atom is 0.341 e. The standard InChI is InChI=1S/C22H29NO2/c1-16(11-12-20-18(3)10-7-13-22(20,4)5)8-6-9-17(2)14-19-15-21(24)25-23-19/h6,8-9,11-12,14H,7,10,13,15H2,1-5H3/b9-6+,12-11+,16-8+,17-14+. The van der Waals surface area contributed by atoms with E-state index in [4.69, 9.17) is 0 Å². The highest BCUT2D eigenvalue weighted by Gasteiger charge is 2.26. The first-order valence-electron chi connectivity index (χ1n) is 8.96. The number of hydrogen-bond acceptors (Lipinski definition) is 3. The Morgan fingerprint density at radius 1 is 1.20 bits per heavy atom. The van der Waals surface area contributed by atoms with E-state index in [-0.39, 0.29) is 17.8 Å². The van der Waals surface area contributed by atoms with Gasteiger partial charge >= 0.3 is 5.97 Å². The topological polar surface area (TPSA) is 38.7 Å². The van der Waals surface area contributed by atoms with Crippen molar-refractivity contribution in [3.8, 4) is 0 Å². The fraction of sp³-hybridized carbons (Fsp3) is 0.455. The van der Waals surface area contributed by atoms with Gasteiger partial charge in [-0.25, -0.2) is 4.79 Å². The van der Waals surface area contributed by atoms with Gasteiger partial charge in [-0.1, -0.05) is 60.5 Å². The predicted molar refractivity (Wildman–Crippen MR) is 104 cm³/mol. The molecule has 0 aromatic carbocycles. The number of oxime groups is 1. The molecule has 1 aliphatic heterocycles. The molecule has 0 bridgehead atoms. The molecule has 3 nitrogen and oxygen atoms in total. The number of allylic oxidation sites excluding steroid dienone is 10. The number of hydrogen-bond donors (Lipinski definition) is 0. The predicted octanol–water partition coefficient (Wildman–Crippen LogP) is 5.82. The van der Waals surface area contributed by atoms with Crippen molar-refractivity contribution in [2.75, 3.05) is 0 Å². The van der Waals surface area contributed by atoms with Crippen LogP contribution in [0.2, 0.25) is 0 Å². The van der Waals surface area contributed by atoms with Crippen LogP contribution in [0.5, 0.6) is 0 Å². The lowest BCUT2D eigenvalue weighted by molar-refractivity contribution is -0.140.